The van der Waals surface area contributed by atoms with Crippen LogP contribution in [0.15, 0.2) is 67.0 Å². The Bertz CT molecular complexity index is 860. The third-order valence-electron chi connectivity index (χ3n) is 3.60. The number of nitrogens with two attached hydrogens (primary N) is 1. The second-order valence-corrected chi connectivity index (χ2v) is 5.26. The normalized spacial score (nSPS) is 10.2. The van der Waals surface area contributed by atoms with E-state index in [1.807, 2.05) is 36.4 Å². The Morgan fingerprint density at radius 2 is 1.79 bits per heavy atom. The summed E-state index contributed by atoms with van der Waals surface area (Å²) in [6.07, 6.45) is 3.49. The number of amides is 1. The van der Waals surface area contributed by atoms with E-state index in [2.05, 4.69) is 10.3 Å². The lowest BCUT2D eigenvalue weighted by Gasteiger charge is -2.09. The average Bonchev–Trinajstić information content (AvgIpc) is 2.63. The molecule has 0 aliphatic heterocycles. The van der Waals surface area contributed by atoms with E-state index in [0.717, 1.165) is 28.3 Å². The van der Waals surface area contributed by atoms with Crippen LogP contribution in [0.25, 0.3) is 11.1 Å². The Hall–Kier alpha value is -3.34. The fraction of sp³-hybridized carbons (Fsp3) is 0.0526. The summed E-state index contributed by atoms with van der Waals surface area (Å²) < 4.78 is 5.15. The molecule has 0 radical (unpaired) electrons. The first kappa shape index (κ1) is 15.6. The van der Waals surface area contributed by atoms with E-state index in [1.54, 1.807) is 37.7 Å². The van der Waals surface area contributed by atoms with Gasteiger partial charge in [-0.15, -0.1) is 0 Å². The van der Waals surface area contributed by atoms with Crippen LogP contribution in [0.2, 0.25) is 0 Å². The van der Waals surface area contributed by atoms with Gasteiger partial charge in [0, 0.05) is 23.0 Å². The number of primary amides is 1. The summed E-state index contributed by atoms with van der Waals surface area (Å²) in [5, 5.41) is 3.29. The van der Waals surface area contributed by atoms with Gasteiger partial charge in [-0.25, -0.2) is 0 Å². The van der Waals surface area contributed by atoms with Gasteiger partial charge in [0.15, 0.2) is 0 Å². The second kappa shape index (κ2) is 6.83. The number of hydrogen-bond acceptors (Lipinski definition) is 4. The number of carbonyl (C=O) groups is 1. The summed E-state index contributed by atoms with van der Waals surface area (Å²) in [6, 6.07) is 16.8. The van der Waals surface area contributed by atoms with Crippen LogP contribution in [-0.2, 0) is 0 Å². The number of anilines is 2. The number of methoxy groups -OCH3 is 1. The van der Waals surface area contributed by atoms with Gasteiger partial charge in [-0.3, -0.25) is 9.78 Å². The third-order valence-corrected chi connectivity index (χ3v) is 3.60. The molecule has 5 heteroatoms. The molecule has 1 heterocycles. The number of benzene rings is 2. The number of nitrogens with zero attached hydrogens (tertiary/aromatic N) is 1. The summed E-state index contributed by atoms with van der Waals surface area (Å²) in [5.74, 6) is 0.355. The fourth-order valence-corrected chi connectivity index (χ4v) is 2.36. The summed E-state index contributed by atoms with van der Waals surface area (Å²) >= 11 is 0. The summed E-state index contributed by atoms with van der Waals surface area (Å²) in [6.45, 7) is 0. The molecule has 24 heavy (non-hydrogen) atoms. The maximum absolute atomic E-state index is 11.3. The van der Waals surface area contributed by atoms with Crippen LogP contribution < -0.4 is 15.8 Å². The van der Waals surface area contributed by atoms with Gasteiger partial charge in [-0.2, -0.15) is 0 Å². The molecule has 2 aromatic carbocycles. The molecular formula is C19H17N3O2. The minimum atomic E-state index is -0.447. The first-order valence-electron chi connectivity index (χ1n) is 7.42. The van der Waals surface area contributed by atoms with Crippen LogP contribution in [0.1, 0.15) is 10.4 Å². The molecule has 3 aromatic rings. The van der Waals surface area contributed by atoms with Crippen LogP contribution >= 0.6 is 0 Å². The van der Waals surface area contributed by atoms with Gasteiger partial charge in [0.05, 0.1) is 19.0 Å². The van der Waals surface area contributed by atoms with Crippen LogP contribution in [-0.4, -0.2) is 18.0 Å². The molecule has 0 atom stereocenters. The fourth-order valence-electron chi connectivity index (χ4n) is 2.36. The smallest absolute Gasteiger partial charge is 0.248 e. The number of aromatic nitrogens is 1. The molecule has 120 valence electrons. The van der Waals surface area contributed by atoms with Gasteiger partial charge in [0.2, 0.25) is 5.91 Å². The van der Waals surface area contributed by atoms with Crippen LogP contribution in [0.4, 0.5) is 11.4 Å². The predicted octanol–water partition coefficient (Wildman–Crippen LogP) is 3.60. The Labute approximate surface area is 140 Å². The van der Waals surface area contributed by atoms with Crippen molar-refractivity contribution in [1.29, 1.82) is 0 Å². The molecule has 0 saturated carbocycles. The molecule has 3 rings (SSSR count). The molecular weight excluding hydrogens is 302 g/mol. The Balaban J connectivity index is 1.86. The predicted molar refractivity (Wildman–Crippen MR) is 94.5 cm³/mol. The Kier molecular flexibility index (Phi) is 4.43. The van der Waals surface area contributed by atoms with Crippen molar-refractivity contribution in [3.63, 3.8) is 0 Å². The topological polar surface area (TPSA) is 77.2 Å². The minimum Gasteiger partial charge on any atom is -0.497 e. The highest BCUT2D eigenvalue weighted by atomic mass is 16.5. The zero-order chi connectivity index (χ0) is 16.9. The van der Waals surface area contributed by atoms with Crippen molar-refractivity contribution in [1.82, 2.24) is 4.98 Å². The maximum atomic E-state index is 11.3. The highest BCUT2D eigenvalue weighted by Gasteiger charge is 2.05. The van der Waals surface area contributed by atoms with E-state index in [1.165, 1.54) is 0 Å². The lowest BCUT2D eigenvalue weighted by molar-refractivity contribution is 0.100. The maximum Gasteiger partial charge on any atom is 0.248 e. The number of ether oxygens (including phenoxy) is 1. The summed E-state index contributed by atoms with van der Waals surface area (Å²) in [5.41, 5.74) is 9.38. The van der Waals surface area contributed by atoms with E-state index < -0.39 is 5.91 Å². The van der Waals surface area contributed by atoms with E-state index in [9.17, 15) is 4.79 Å². The molecule has 1 aromatic heterocycles. The van der Waals surface area contributed by atoms with Gasteiger partial charge in [0.1, 0.15) is 5.75 Å². The largest absolute Gasteiger partial charge is 0.497 e. The van der Waals surface area contributed by atoms with Gasteiger partial charge in [-0.1, -0.05) is 12.1 Å². The molecule has 0 fully saturated rings. The van der Waals surface area contributed by atoms with Gasteiger partial charge < -0.3 is 15.8 Å². The van der Waals surface area contributed by atoms with E-state index in [0.29, 0.717) is 5.56 Å². The first-order chi connectivity index (χ1) is 11.7. The van der Waals surface area contributed by atoms with Crippen molar-refractivity contribution in [3.05, 3.63) is 72.6 Å². The van der Waals surface area contributed by atoms with Crippen molar-refractivity contribution in [2.75, 3.05) is 12.4 Å². The number of carbonyl (C=O) groups excluding carboxylic acids is 1. The molecule has 3 N–H and O–H groups in total. The minimum absolute atomic E-state index is 0.447. The van der Waals surface area contributed by atoms with Crippen molar-refractivity contribution in [3.8, 4) is 16.9 Å². The summed E-state index contributed by atoms with van der Waals surface area (Å²) in [4.78, 5) is 15.6. The van der Waals surface area contributed by atoms with Crippen molar-refractivity contribution in [2.45, 2.75) is 0 Å². The lowest BCUT2D eigenvalue weighted by atomic mass is 10.0. The van der Waals surface area contributed by atoms with Crippen molar-refractivity contribution in [2.24, 2.45) is 5.73 Å². The molecule has 1 amide bonds. The quantitative estimate of drug-likeness (QED) is 0.753. The van der Waals surface area contributed by atoms with Crippen LogP contribution in [0.5, 0.6) is 5.75 Å². The lowest BCUT2D eigenvalue weighted by Crippen LogP contribution is -2.10. The first-order valence-corrected chi connectivity index (χ1v) is 7.42. The number of rotatable bonds is 5. The van der Waals surface area contributed by atoms with Crippen molar-refractivity contribution >= 4 is 17.3 Å². The van der Waals surface area contributed by atoms with E-state index in [-0.39, 0.29) is 0 Å². The molecule has 0 spiro atoms. The summed E-state index contributed by atoms with van der Waals surface area (Å²) in [7, 11) is 1.63. The second-order valence-electron chi connectivity index (χ2n) is 5.26. The van der Waals surface area contributed by atoms with E-state index in [4.69, 9.17) is 10.5 Å². The Morgan fingerprint density at radius 3 is 2.50 bits per heavy atom. The van der Waals surface area contributed by atoms with Crippen LogP contribution in [0, 0.1) is 0 Å². The third kappa shape index (κ3) is 3.52. The molecule has 0 saturated heterocycles. The SMILES string of the molecule is COc1ccc(Nc2cncc(-c3cccc(C(N)=O)c3)c2)cc1. The van der Waals surface area contributed by atoms with Crippen LogP contribution in [0.3, 0.4) is 0 Å². The number of pyridine rings is 1. The molecule has 0 unspecified atom stereocenters. The monoisotopic (exact) mass is 319 g/mol. The highest BCUT2D eigenvalue weighted by molar-refractivity contribution is 5.94. The highest BCUT2D eigenvalue weighted by Crippen LogP contribution is 2.25. The van der Waals surface area contributed by atoms with Gasteiger partial charge in [-0.05, 0) is 48.0 Å². The molecule has 0 aliphatic carbocycles. The van der Waals surface area contributed by atoms with E-state index >= 15 is 0 Å². The molecule has 0 aliphatic rings. The van der Waals surface area contributed by atoms with Crippen molar-refractivity contribution < 1.29 is 9.53 Å². The zero-order valence-electron chi connectivity index (χ0n) is 13.2. The van der Waals surface area contributed by atoms with Gasteiger partial charge >= 0.3 is 0 Å². The molecule has 5 nitrogen and oxygen atoms in total. The number of nitrogens with one attached hydrogen (secondary N) is 1. The number of hydrogen-bond donors (Lipinski definition) is 2. The molecule has 0 bridgehead atoms. The standard InChI is InChI=1S/C19H17N3O2/c1-24-18-7-5-16(6-8-18)22-17-10-15(11-21-12-17)13-3-2-4-14(9-13)19(20)23/h2-12,22H,1H3,(H2,20,23). The average molecular weight is 319 g/mol. The zero-order valence-corrected chi connectivity index (χ0v) is 13.2. The Morgan fingerprint density at radius 1 is 1.00 bits per heavy atom. The van der Waals surface area contributed by atoms with Gasteiger partial charge in [0.25, 0.3) is 0 Å².